The van der Waals surface area contributed by atoms with Gasteiger partial charge in [-0.1, -0.05) is 42.5 Å². The maximum atomic E-state index is 13.0. The quantitative estimate of drug-likeness (QED) is 0.384. The van der Waals surface area contributed by atoms with E-state index in [1.807, 2.05) is 0 Å². The van der Waals surface area contributed by atoms with Crippen molar-refractivity contribution in [3.8, 4) is 0 Å². The first-order valence-electron chi connectivity index (χ1n) is 14.4. The van der Waals surface area contributed by atoms with Gasteiger partial charge in [-0.25, -0.2) is 4.79 Å². The first-order valence-corrected chi connectivity index (χ1v) is 14.4. The summed E-state index contributed by atoms with van der Waals surface area (Å²) in [6, 6.07) is 15.8. The third kappa shape index (κ3) is 5.53. The molecule has 40 heavy (non-hydrogen) atoms. The topological polar surface area (TPSA) is 115 Å². The van der Waals surface area contributed by atoms with E-state index in [4.69, 9.17) is 10.2 Å². The molecule has 2 aliphatic carbocycles. The molecule has 1 aromatic heterocycles. The number of amides is 1. The van der Waals surface area contributed by atoms with E-state index >= 15 is 0 Å². The molecule has 3 aliphatic rings. The third-order valence-electron chi connectivity index (χ3n) is 8.96. The van der Waals surface area contributed by atoms with Gasteiger partial charge in [0.05, 0.1) is 18.1 Å². The number of carbonyl (C=O) groups is 2. The highest BCUT2D eigenvalue weighted by molar-refractivity contribution is 5.89. The van der Waals surface area contributed by atoms with Crippen molar-refractivity contribution in [1.29, 1.82) is 0 Å². The second kappa shape index (κ2) is 11.7. The number of carboxylic acid groups (broad SMARTS) is 1. The summed E-state index contributed by atoms with van der Waals surface area (Å²) in [7, 11) is 2.17. The number of aliphatic hydroxyl groups excluding tert-OH is 2. The van der Waals surface area contributed by atoms with Crippen LogP contribution >= 0.6 is 0 Å². The fourth-order valence-corrected chi connectivity index (χ4v) is 6.88. The number of likely N-dealkylation sites (tertiary alicyclic amines) is 1. The monoisotopic (exact) mass is 547 g/mol. The van der Waals surface area contributed by atoms with Gasteiger partial charge in [-0.15, -0.1) is 0 Å². The van der Waals surface area contributed by atoms with Gasteiger partial charge < -0.3 is 30.1 Å². The molecule has 1 amide bonds. The molecule has 1 saturated carbocycles. The molecule has 2 aromatic carbocycles. The second-order valence-electron chi connectivity index (χ2n) is 11.9. The predicted molar refractivity (Wildman–Crippen MR) is 154 cm³/mol. The van der Waals surface area contributed by atoms with Crippen LogP contribution in [0.15, 0.2) is 54.7 Å². The SMILES string of the molecule is CC(C)n1cc2c3c(cccc31)C1CC(C(=O)NC3CCC[C@H]3O)CN(C)[C@@H]1C2.O=C(O)[C@@H](O)c1ccccc1. The molecule has 3 aromatic rings. The lowest BCUT2D eigenvalue weighted by Gasteiger charge is -2.45. The van der Waals surface area contributed by atoms with Crippen LogP contribution in [0.25, 0.3) is 10.9 Å². The molecule has 8 heteroatoms. The number of hydrogen-bond donors (Lipinski definition) is 4. The van der Waals surface area contributed by atoms with E-state index in [1.165, 1.54) is 22.0 Å². The number of carboxylic acids is 1. The Morgan fingerprint density at radius 3 is 2.45 bits per heavy atom. The van der Waals surface area contributed by atoms with Crippen molar-refractivity contribution in [2.75, 3.05) is 13.6 Å². The number of aliphatic hydroxyl groups is 2. The highest BCUT2D eigenvalue weighted by Gasteiger charge is 2.42. The summed E-state index contributed by atoms with van der Waals surface area (Å²) >= 11 is 0. The molecular weight excluding hydrogens is 506 g/mol. The van der Waals surface area contributed by atoms with Gasteiger partial charge in [-0.3, -0.25) is 4.79 Å². The molecule has 8 nitrogen and oxygen atoms in total. The average Bonchev–Trinajstić information content (AvgIpc) is 3.53. The molecule has 6 atom stereocenters. The van der Waals surface area contributed by atoms with Gasteiger partial charge in [0.2, 0.25) is 5.91 Å². The van der Waals surface area contributed by atoms with Crippen LogP contribution < -0.4 is 5.32 Å². The summed E-state index contributed by atoms with van der Waals surface area (Å²) in [5.74, 6) is -0.731. The molecule has 0 spiro atoms. The van der Waals surface area contributed by atoms with E-state index in [-0.39, 0.29) is 24.0 Å². The van der Waals surface area contributed by atoms with Crippen LogP contribution in [0.1, 0.15) is 74.3 Å². The van der Waals surface area contributed by atoms with Gasteiger partial charge in [-0.05, 0) is 75.8 Å². The molecule has 3 unspecified atom stereocenters. The van der Waals surface area contributed by atoms with Gasteiger partial charge in [0.1, 0.15) is 0 Å². The number of likely N-dealkylation sites (N-methyl/N-ethyl adjacent to an activating group) is 1. The van der Waals surface area contributed by atoms with Gasteiger partial charge in [0, 0.05) is 41.6 Å². The predicted octanol–water partition coefficient (Wildman–Crippen LogP) is 4.02. The minimum atomic E-state index is -1.41. The molecule has 1 saturated heterocycles. The number of fused-ring (bicyclic) bond motifs is 2. The number of aliphatic carboxylic acids is 1. The van der Waals surface area contributed by atoms with E-state index in [1.54, 1.807) is 30.3 Å². The van der Waals surface area contributed by atoms with E-state index in [9.17, 15) is 14.7 Å². The summed E-state index contributed by atoms with van der Waals surface area (Å²) in [5.41, 5.74) is 4.60. The van der Waals surface area contributed by atoms with Gasteiger partial charge in [0.15, 0.2) is 6.10 Å². The van der Waals surface area contributed by atoms with Crippen molar-refractivity contribution in [3.05, 3.63) is 71.4 Å². The maximum absolute atomic E-state index is 13.0. The summed E-state index contributed by atoms with van der Waals surface area (Å²) in [5, 5.41) is 32.1. The van der Waals surface area contributed by atoms with E-state index in [2.05, 4.69) is 60.1 Å². The number of rotatable bonds is 5. The van der Waals surface area contributed by atoms with Crippen LogP contribution in [0.3, 0.4) is 0 Å². The van der Waals surface area contributed by atoms with E-state index < -0.39 is 12.1 Å². The summed E-state index contributed by atoms with van der Waals surface area (Å²) in [4.78, 5) is 25.7. The molecule has 214 valence electrons. The molecule has 0 radical (unpaired) electrons. The van der Waals surface area contributed by atoms with Crippen LogP contribution in [0.2, 0.25) is 0 Å². The van der Waals surface area contributed by atoms with Crippen LogP contribution in [-0.4, -0.2) is 68.4 Å². The highest BCUT2D eigenvalue weighted by Crippen LogP contribution is 2.45. The van der Waals surface area contributed by atoms with E-state index in [0.717, 1.165) is 38.6 Å². The minimum absolute atomic E-state index is 0.0157. The Morgan fingerprint density at radius 1 is 1.05 bits per heavy atom. The second-order valence-corrected chi connectivity index (χ2v) is 11.9. The normalized spacial score (nSPS) is 26.6. The third-order valence-corrected chi connectivity index (χ3v) is 8.96. The van der Waals surface area contributed by atoms with Crippen LogP contribution in [0.4, 0.5) is 0 Å². The van der Waals surface area contributed by atoms with Crippen molar-refractivity contribution in [1.82, 2.24) is 14.8 Å². The van der Waals surface area contributed by atoms with Crippen molar-refractivity contribution >= 4 is 22.8 Å². The number of aromatic nitrogens is 1. The standard InChI is InChI=1S/C24H33N3O2.C8H8O3/c1-14(2)27-13-15-11-21-18(17-6-4-8-20(27)23(15)17)10-16(12-26(21)3)24(29)25-19-7-5-9-22(19)28;9-7(8(10)11)6-4-2-1-3-5-6/h4,6,8,13-14,16,18-19,21-22,28H,5,7,9-12H2,1-3H3,(H,25,29);1-5,7,9H,(H,10,11)/t16?,18?,19?,21-,22-;7-/m10/s1. The van der Waals surface area contributed by atoms with Gasteiger partial charge >= 0.3 is 5.97 Å². The Labute approximate surface area is 235 Å². The zero-order valence-corrected chi connectivity index (χ0v) is 23.5. The van der Waals surface area contributed by atoms with Gasteiger partial charge in [0.25, 0.3) is 0 Å². The Morgan fingerprint density at radius 2 is 1.80 bits per heavy atom. The zero-order chi connectivity index (χ0) is 28.6. The lowest BCUT2D eigenvalue weighted by atomic mass is 9.72. The molecule has 2 fully saturated rings. The van der Waals surface area contributed by atoms with Crippen LogP contribution in [-0.2, 0) is 16.0 Å². The number of carbonyl (C=O) groups excluding carboxylic acids is 1. The molecule has 4 N–H and O–H groups in total. The van der Waals surface area contributed by atoms with Crippen LogP contribution in [0.5, 0.6) is 0 Å². The number of benzene rings is 2. The largest absolute Gasteiger partial charge is 0.479 e. The minimum Gasteiger partial charge on any atom is -0.479 e. The number of nitrogens with zero attached hydrogens (tertiary/aromatic N) is 2. The Balaban J connectivity index is 0.000000248. The van der Waals surface area contributed by atoms with Crippen molar-refractivity contribution in [2.45, 2.75) is 82.2 Å². The maximum Gasteiger partial charge on any atom is 0.337 e. The lowest BCUT2D eigenvalue weighted by molar-refractivity contribution is -0.147. The Hall–Kier alpha value is -3.20. The van der Waals surface area contributed by atoms with E-state index in [0.29, 0.717) is 23.6 Å². The fraction of sp³-hybridized carbons (Fsp3) is 0.500. The molecule has 1 aliphatic heterocycles. The van der Waals surface area contributed by atoms with Crippen molar-refractivity contribution in [3.63, 3.8) is 0 Å². The molecule has 2 heterocycles. The van der Waals surface area contributed by atoms with Crippen LogP contribution in [0, 0.1) is 5.92 Å². The average molecular weight is 548 g/mol. The van der Waals surface area contributed by atoms with Crippen molar-refractivity contribution in [2.24, 2.45) is 5.92 Å². The first kappa shape index (κ1) is 28.3. The number of nitrogens with one attached hydrogen (secondary N) is 1. The Bertz CT molecular complexity index is 1350. The van der Waals surface area contributed by atoms with Gasteiger partial charge in [-0.2, -0.15) is 0 Å². The van der Waals surface area contributed by atoms with Crippen molar-refractivity contribution < 1.29 is 24.9 Å². The Kier molecular flexibility index (Phi) is 8.31. The number of piperidine rings is 1. The smallest absolute Gasteiger partial charge is 0.337 e. The summed E-state index contributed by atoms with van der Waals surface area (Å²) < 4.78 is 2.40. The lowest BCUT2D eigenvalue weighted by Crippen LogP contribution is -2.53. The zero-order valence-electron chi connectivity index (χ0n) is 23.5. The molecule has 0 bridgehead atoms. The summed E-state index contributed by atoms with van der Waals surface area (Å²) in [6.45, 7) is 5.28. The number of hydrogen-bond acceptors (Lipinski definition) is 5. The summed E-state index contributed by atoms with van der Waals surface area (Å²) in [6.07, 6.45) is 5.22. The molecule has 6 rings (SSSR count). The fourth-order valence-electron chi connectivity index (χ4n) is 6.88. The first-order chi connectivity index (χ1) is 19.2. The highest BCUT2D eigenvalue weighted by atomic mass is 16.4. The molecular formula is C32H41N3O5.